The monoisotopic (exact) mass is 387 g/mol. The molecular weight excluding hydrogens is 362 g/mol. The summed E-state index contributed by atoms with van der Waals surface area (Å²) in [6.07, 6.45) is 2.54. The number of H-pyrrole nitrogens is 1. The van der Waals surface area contributed by atoms with Crippen LogP contribution in [0.15, 0.2) is 60.8 Å². The van der Waals surface area contributed by atoms with E-state index in [-0.39, 0.29) is 11.3 Å². The van der Waals surface area contributed by atoms with Crippen molar-refractivity contribution in [3.8, 4) is 0 Å². The average Bonchev–Trinajstić information content (AvgIpc) is 3.32. The molecule has 0 fully saturated rings. The number of hydrogen-bond donors (Lipinski definition) is 2. The van der Waals surface area contributed by atoms with E-state index in [0.29, 0.717) is 18.2 Å². The molecule has 3 heterocycles. The van der Waals surface area contributed by atoms with Crippen LogP contribution in [-0.2, 0) is 18.4 Å². The molecule has 0 spiro atoms. The van der Waals surface area contributed by atoms with E-state index >= 15 is 0 Å². The van der Waals surface area contributed by atoms with Gasteiger partial charge in [-0.1, -0.05) is 39.0 Å². The van der Waals surface area contributed by atoms with Crippen molar-refractivity contribution in [3.05, 3.63) is 77.9 Å². The summed E-state index contributed by atoms with van der Waals surface area (Å²) in [4.78, 5) is 25.1. The largest absolute Gasteiger partial charge is 0.354 e. The number of hydrogen-bond acceptors (Lipinski definition) is 3. The number of benzene rings is 1. The maximum absolute atomic E-state index is 12.8. The molecule has 0 atom stereocenters. The van der Waals surface area contributed by atoms with Gasteiger partial charge in [-0.05, 0) is 36.4 Å². The van der Waals surface area contributed by atoms with E-state index in [2.05, 4.69) is 41.0 Å². The Labute approximate surface area is 170 Å². The van der Waals surface area contributed by atoms with E-state index in [1.165, 1.54) is 0 Å². The minimum absolute atomic E-state index is 0.0473. The summed E-state index contributed by atoms with van der Waals surface area (Å²) in [6.45, 7) is 7.00. The van der Waals surface area contributed by atoms with Gasteiger partial charge in [-0.3, -0.25) is 15.1 Å². The maximum Gasteiger partial charge on any atom is 0.274 e. The second-order valence-electron chi connectivity index (χ2n) is 8.14. The molecule has 0 aliphatic heterocycles. The molecule has 0 radical (unpaired) electrons. The van der Waals surface area contributed by atoms with Crippen molar-refractivity contribution in [2.45, 2.75) is 39.2 Å². The first kappa shape index (κ1) is 18.9. The predicted molar refractivity (Wildman–Crippen MR) is 115 cm³/mol. The number of anilines is 1. The molecule has 4 aromatic rings. The molecule has 3 aromatic heterocycles. The minimum atomic E-state index is -0.199. The lowest BCUT2D eigenvalue weighted by molar-refractivity contribution is 0.102. The van der Waals surface area contributed by atoms with E-state index in [0.717, 1.165) is 28.8 Å². The van der Waals surface area contributed by atoms with Gasteiger partial charge in [0.25, 0.3) is 5.91 Å². The smallest absolute Gasteiger partial charge is 0.274 e. The van der Waals surface area contributed by atoms with E-state index in [9.17, 15) is 4.79 Å². The van der Waals surface area contributed by atoms with Crippen molar-refractivity contribution in [2.75, 3.05) is 5.32 Å². The third-order valence-corrected chi connectivity index (χ3v) is 4.94. The summed E-state index contributed by atoms with van der Waals surface area (Å²) in [6, 6.07) is 17.6. The molecule has 2 N–H and O–H groups in total. The van der Waals surface area contributed by atoms with E-state index < -0.39 is 0 Å². The number of carbonyl (C=O) groups is 1. The number of rotatable bonds is 5. The fraction of sp³-hybridized carbons (Fsp3) is 0.261. The van der Waals surface area contributed by atoms with Gasteiger partial charge in [0.2, 0.25) is 5.95 Å². The van der Waals surface area contributed by atoms with Crippen LogP contribution in [-0.4, -0.2) is 25.4 Å². The van der Waals surface area contributed by atoms with Crippen LogP contribution in [0, 0.1) is 0 Å². The second-order valence-corrected chi connectivity index (χ2v) is 8.14. The van der Waals surface area contributed by atoms with Gasteiger partial charge >= 0.3 is 0 Å². The van der Waals surface area contributed by atoms with E-state index in [1.807, 2.05) is 59.2 Å². The Kier molecular flexibility index (Phi) is 4.92. The quantitative estimate of drug-likeness (QED) is 0.527. The van der Waals surface area contributed by atoms with Crippen LogP contribution in [0.5, 0.6) is 0 Å². The van der Waals surface area contributed by atoms with Crippen LogP contribution < -0.4 is 5.32 Å². The lowest BCUT2D eigenvalue weighted by Crippen LogP contribution is -2.18. The highest BCUT2D eigenvalue weighted by atomic mass is 16.2. The Balaban J connectivity index is 1.61. The first-order valence-electron chi connectivity index (χ1n) is 9.78. The van der Waals surface area contributed by atoms with Gasteiger partial charge in [-0.2, -0.15) is 0 Å². The molecule has 0 saturated carbocycles. The van der Waals surface area contributed by atoms with Gasteiger partial charge < -0.3 is 9.55 Å². The third-order valence-electron chi connectivity index (χ3n) is 4.94. The van der Waals surface area contributed by atoms with Gasteiger partial charge in [-0.15, -0.1) is 0 Å². The number of aromatic nitrogens is 4. The van der Waals surface area contributed by atoms with Crippen molar-refractivity contribution >= 4 is 22.9 Å². The van der Waals surface area contributed by atoms with Gasteiger partial charge in [0.15, 0.2) is 0 Å². The highest BCUT2D eigenvalue weighted by molar-refractivity contribution is 6.03. The Morgan fingerprint density at radius 3 is 2.59 bits per heavy atom. The van der Waals surface area contributed by atoms with E-state index in [4.69, 9.17) is 0 Å². The number of pyridine rings is 1. The summed E-state index contributed by atoms with van der Waals surface area (Å²) in [5.74, 6) is 0.342. The normalized spacial score (nSPS) is 11.7. The second kappa shape index (κ2) is 7.54. The zero-order valence-corrected chi connectivity index (χ0v) is 16.9. The molecule has 6 heteroatoms. The number of para-hydroxylation sites is 2. The number of aryl methyl sites for hydroxylation is 2. The highest BCUT2D eigenvalue weighted by Crippen LogP contribution is 2.23. The van der Waals surface area contributed by atoms with Crippen molar-refractivity contribution in [2.24, 2.45) is 0 Å². The first-order valence-corrected chi connectivity index (χ1v) is 9.78. The zero-order chi connectivity index (χ0) is 20.4. The molecule has 6 nitrogen and oxygen atoms in total. The van der Waals surface area contributed by atoms with Gasteiger partial charge in [-0.25, -0.2) is 4.98 Å². The fourth-order valence-corrected chi connectivity index (χ4v) is 3.30. The number of amides is 1. The molecule has 0 aliphatic carbocycles. The van der Waals surface area contributed by atoms with Crippen LogP contribution in [0.1, 0.15) is 42.6 Å². The lowest BCUT2D eigenvalue weighted by Gasteiger charge is -2.16. The first-order chi connectivity index (χ1) is 13.9. The summed E-state index contributed by atoms with van der Waals surface area (Å²) < 4.78 is 2.04. The predicted octanol–water partition coefficient (Wildman–Crippen LogP) is 4.55. The molecule has 1 aromatic carbocycles. The maximum atomic E-state index is 12.8. The van der Waals surface area contributed by atoms with Crippen molar-refractivity contribution in [1.82, 2.24) is 19.5 Å². The van der Waals surface area contributed by atoms with Crippen LogP contribution in [0.4, 0.5) is 5.95 Å². The number of imidazole rings is 1. The van der Waals surface area contributed by atoms with Crippen LogP contribution in [0.2, 0.25) is 0 Å². The van der Waals surface area contributed by atoms with Crippen molar-refractivity contribution < 1.29 is 4.79 Å². The topological polar surface area (TPSA) is 75.6 Å². The van der Waals surface area contributed by atoms with Gasteiger partial charge in [0.1, 0.15) is 5.69 Å². The van der Waals surface area contributed by atoms with Crippen LogP contribution >= 0.6 is 0 Å². The molecule has 0 bridgehead atoms. The Morgan fingerprint density at radius 2 is 1.86 bits per heavy atom. The summed E-state index contributed by atoms with van der Waals surface area (Å²) in [5.41, 5.74) is 4.34. The Morgan fingerprint density at radius 1 is 1.07 bits per heavy atom. The number of nitrogens with zero attached hydrogens (tertiary/aromatic N) is 3. The van der Waals surface area contributed by atoms with Crippen molar-refractivity contribution in [1.29, 1.82) is 0 Å². The van der Waals surface area contributed by atoms with Crippen LogP contribution in [0.3, 0.4) is 0 Å². The number of fused-ring (bicyclic) bond motifs is 1. The Bertz CT molecular complexity index is 1140. The molecular formula is C23H25N5O. The summed E-state index contributed by atoms with van der Waals surface area (Å²) in [5, 5.41) is 2.98. The SMILES string of the molecule is CC(C)(C)c1ccc(C(=O)Nc2nc3ccccc3n2CCc2ccccn2)[nH]1. The molecule has 29 heavy (non-hydrogen) atoms. The molecule has 1 amide bonds. The number of nitrogens with one attached hydrogen (secondary N) is 2. The minimum Gasteiger partial charge on any atom is -0.354 e. The molecule has 148 valence electrons. The molecule has 0 aliphatic rings. The van der Waals surface area contributed by atoms with E-state index in [1.54, 1.807) is 6.20 Å². The number of carbonyl (C=O) groups excluding carboxylic acids is 1. The number of aromatic amines is 1. The fourth-order valence-electron chi connectivity index (χ4n) is 3.30. The van der Waals surface area contributed by atoms with Gasteiger partial charge in [0, 0.05) is 36.0 Å². The van der Waals surface area contributed by atoms with Crippen LogP contribution in [0.25, 0.3) is 11.0 Å². The molecule has 0 saturated heterocycles. The summed E-state index contributed by atoms with van der Waals surface area (Å²) in [7, 11) is 0. The summed E-state index contributed by atoms with van der Waals surface area (Å²) >= 11 is 0. The molecule has 0 unspecified atom stereocenters. The third kappa shape index (κ3) is 4.06. The molecule has 4 rings (SSSR count). The average molecular weight is 387 g/mol. The standard InChI is InChI=1S/C23H25N5O/c1-23(2,3)20-12-11-18(25-20)21(29)27-22-26-17-9-4-5-10-19(17)28(22)15-13-16-8-6-7-14-24-16/h4-12,14,25H,13,15H2,1-3H3,(H,26,27,29). The Hall–Kier alpha value is -3.41. The highest BCUT2D eigenvalue weighted by Gasteiger charge is 2.19. The lowest BCUT2D eigenvalue weighted by atomic mass is 9.93. The zero-order valence-electron chi connectivity index (χ0n) is 16.9. The van der Waals surface area contributed by atoms with Gasteiger partial charge in [0.05, 0.1) is 11.0 Å². The van der Waals surface area contributed by atoms with Crippen molar-refractivity contribution in [3.63, 3.8) is 0 Å².